The predicted octanol–water partition coefficient (Wildman–Crippen LogP) is 3.78. The Labute approximate surface area is 118 Å². The second kappa shape index (κ2) is 4.20. The summed E-state index contributed by atoms with van der Waals surface area (Å²) in [6, 6.07) is 13.0. The monoisotopic (exact) mass is 411 g/mol. The van der Waals surface area contributed by atoms with Crippen molar-refractivity contribution in [1.29, 1.82) is 0 Å². The van der Waals surface area contributed by atoms with Gasteiger partial charge in [0.05, 0.1) is 5.52 Å². The van der Waals surface area contributed by atoms with Crippen LogP contribution in [0.2, 0.25) is 0 Å². The first-order chi connectivity index (χ1) is 8.42. The minimum atomic E-state index is 0. The molecule has 0 saturated heterocycles. The molecule has 4 rings (SSSR count). The summed E-state index contributed by atoms with van der Waals surface area (Å²) in [6.07, 6.45) is 5.85. The number of hydrogen-bond acceptors (Lipinski definition) is 2. The summed E-state index contributed by atoms with van der Waals surface area (Å²) < 4.78 is 5.34. The summed E-state index contributed by atoms with van der Waals surface area (Å²) in [5, 5.41) is 1.22. The molecular formula is C15H8IrNO-. The molecule has 3 heteroatoms. The van der Waals surface area contributed by atoms with Crippen molar-refractivity contribution in [3.8, 4) is 11.5 Å². The molecule has 89 valence electrons. The maximum atomic E-state index is 5.34. The van der Waals surface area contributed by atoms with Gasteiger partial charge in [-0.1, -0.05) is 30.4 Å². The standard InChI is InChI=1S/C15H8NO.Ir/c1-3-10-6-7-11-9-13(14-5-2-8-17-14)16-12(4-1)15(10)11;/h1-4,6-9H;/q-1;. The van der Waals surface area contributed by atoms with Crippen molar-refractivity contribution in [2.24, 2.45) is 0 Å². The van der Waals surface area contributed by atoms with Gasteiger partial charge in [-0.3, -0.25) is 0 Å². The Kier molecular flexibility index (Phi) is 2.66. The first-order valence-corrected chi connectivity index (χ1v) is 5.49. The third-order valence-electron chi connectivity index (χ3n) is 3.04. The van der Waals surface area contributed by atoms with Crippen LogP contribution in [0.15, 0.2) is 41.0 Å². The second-order valence-corrected chi connectivity index (χ2v) is 4.07. The van der Waals surface area contributed by atoms with Gasteiger partial charge in [-0.2, -0.15) is 0 Å². The zero-order chi connectivity index (χ0) is 11.2. The molecule has 3 aromatic rings. The van der Waals surface area contributed by atoms with Gasteiger partial charge in [0.15, 0.2) is 0 Å². The van der Waals surface area contributed by atoms with Crippen molar-refractivity contribution in [3.05, 3.63) is 53.8 Å². The summed E-state index contributed by atoms with van der Waals surface area (Å²) in [7, 11) is 0. The molecule has 0 atom stereocenters. The van der Waals surface area contributed by atoms with Crippen LogP contribution in [0.4, 0.5) is 0 Å². The van der Waals surface area contributed by atoms with Crippen LogP contribution in [0.25, 0.3) is 34.5 Å². The summed E-state index contributed by atoms with van der Waals surface area (Å²) in [5.74, 6) is 0.689. The van der Waals surface area contributed by atoms with E-state index in [0.717, 1.165) is 11.2 Å². The van der Waals surface area contributed by atoms with Crippen LogP contribution in [0.3, 0.4) is 0 Å². The maximum Gasteiger partial charge on any atom is 0.0572 e. The number of aromatic nitrogens is 1. The molecule has 0 N–H and O–H groups in total. The third-order valence-corrected chi connectivity index (χ3v) is 3.04. The second-order valence-electron chi connectivity index (χ2n) is 4.07. The van der Waals surface area contributed by atoms with Crippen molar-refractivity contribution in [1.82, 2.24) is 4.98 Å². The number of rotatable bonds is 1. The van der Waals surface area contributed by atoms with Crippen LogP contribution >= 0.6 is 0 Å². The molecule has 2 aromatic heterocycles. The van der Waals surface area contributed by atoms with Crippen molar-refractivity contribution >= 4 is 23.1 Å². The summed E-state index contributed by atoms with van der Waals surface area (Å²) >= 11 is 0. The molecule has 18 heavy (non-hydrogen) atoms. The predicted molar refractivity (Wildman–Crippen MR) is 67.2 cm³/mol. The molecule has 0 amide bonds. The Bertz CT molecular complexity index is 745. The van der Waals surface area contributed by atoms with Crippen molar-refractivity contribution in [2.45, 2.75) is 0 Å². The van der Waals surface area contributed by atoms with E-state index in [-0.39, 0.29) is 20.1 Å². The fourth-order valence-electron chi connectivity index (χ4n) is 2.29. The van der Waals surface area contributed by atoms with Crippen LogP contribution in [-0.2, 0) is 20.1 Å². The first kappa shape index (κ1) is 11.4. The summed E-state index contributed by atoms with van der Waals surface area (Å²) in [4.78, 5) is 4.61. The fourth-order valence-corrected chi connectivity index (χ4v) is 2.29. The molecule has 2 heterocycles. The number of furan rings is 1. The fraction of sp³-hybridized carbons (Fsp3) is 0. The van der Waals surface area contributed by atoms with Gasteiger partial charge in [-0.25, -0.2) is 0 Å². The van der Waals surface area contributed by atoms with Gasteiger partial charge in [-0.05, 0) is 23.5 Å². The average molecular weight is 410 g/mol. The molecule has 0 saturated carbocycles. The molecule has 0 fully saturated rings. The van der Waals surface area contributed by atoms with E-state index in [0.29, 0.717) is 5.76 Å². The number of hydrogen-bond donors (Lipinski definition) is 0. The molecule has 0 bridgehead atoms. The van der Waals surface area contributed by atoms with Crippen molar-refractivity contribution in [3.63, 3.8) is 0 Å². The van der Waals surface area contributed by atoms with Crippen LogP contribution in [0, 0.1) is 6.07 Å². The Morgan fingerprint density at radius 3 is 2.83 bits per heavy atom. The largest absolute Gasteiger partial charge is 0.545 e. The molecular weight excluding hydrogens is 402 g/mol. The molecule has 1 aliphatic rings. The minimum Gasteiger partial charge on any atom is -0.545 e. The Balaban J connectivity index is 0.000001000. The van der Waals surface area contributed by atoms with Crippen LogP contribution in [0.5, 0.6) is 0 Å². The molecule has 1 aliphatic carbocycles. The van der Waals surface area contributed by atoms with Crippen molar-refractivity contribution in [2.75, 3.05) is 0 Å². The normalized spacial score (nSPS) is 11.8. The minimum absolute atomic E-state index is 0. The molecule has 1 aromatic carbocycles. The van der Waals surface area contributed by atoms with Crippen LogP contribution in [0.1, 0.15) is 11.1 Å². The van der Waals surface area contributed by atoms with E-state index in [1.807, 2.05) is 18.2 Å². The summed E-state index contributed by atoms with van der Waals surface area (Å²) in [6.45, 7) is 0. The summed E-state index contributed by atoms with van der Waals surface area (Å²) in [5.41, 5.74) is 4.27. The van der Waals surface area contributed by atoms with E-state index >= 15 is 0 Å². The molecule has 0 aliphatic heterocycles. The third kappa shape index (κ3) is 1.56. The Hall–Kier alpha value is -1.70. The van der Waals surface area contributed by atoms with Gasteiger partial charge >= 0.3 is 0 Å². The quantitative estimate of drug-likeness (QED) is 0.447. The van der Waals surface area contributed by atoms with E-state index in [1.54, 1.807) is 12.3 Å². The van der Waals surface area contributed by atoms with E-state index < -0.39 is 0 Å². The van der Waals surface area contributed by atoms with Gasteiger partial charge < -0.3 is 9.40 Å². The maximum absolute atomic E-state index is 5.34. The molecule has 1 radical (unpaired) electrons. The van der Waals surface area contributed by atoms with Gasteiger partial charge in [0.1, 0.15) is 0 Å². The topological polar surface area (TPSA) is 26.0 Å². The smallest absolute Gasteiger partial charge is 0.0572 e. The van der Waals surface area contributed by atoms with Gasteiger partial charge in [0.2, 0.25) is 0 Å². The number of pyridine rings is 1. The van der Waals surface area contributed by atoms with Gasteiger partial charge in [-0.15, -0.1) is 12.1 Å². The van der Waals surface area contributed by atoms with Crippen LogP contribution in [-0.4, -0.2) is 4.98 Å². The number of nitrogens with zero attached hydrogens (tertiary/aromatic N) is 1. The van der Waals surface area contributed by atoms with E-state index in [9.17, 15) is 0 Å². The van der Waals surface area contributed by atoms with Gasteiger partial charge in [0.25, 0.3) is 0 Å². The molecule has 0 unspecified atom stereocenters. The average Bonchev–Trinajstić information content (AvgIpc) is 2.99. The molecule has 2 nitrogen and oxygen atoms in total. The van der Waals surface area contributed by atoms with Crippen molar-refractivity contribution < 1.29 is 24.5 Å². The van der Waals surface area contributed by atoms with E-state index in [2.05, 4.69) is 29.3 Å². The van der Waals surface area contributed by atoms with Gasteiger partial charge in [0, 0.05) is 36.9 Å². The number of benzene rings is 1. The Morgan fingerprint density at radius 2 is 2.00 bits per heavy atom. The zero-order valence-electron chi connectivity index (χ0n) is 9.31. The van der Waals surface area contributed by atoms with E-state index in [4.69, 9.17) is 4.42 Å². The first-order valence-electron chi connectivity index (χ1n) is 5.49. The zero-order valence-corrected chi connectivity index (χ0v) is 11.7. The van der Waals surface area contributed by atoms with E-state index in [1.165, 1.54) is 16.5 Å². The SMILES string of the molecule is [Ir].[c-]1ccoc1-c1cc2c3c(cccc3n1)C=C2. The molecule has 0 spiro atoms. The Morgan fingerprint density at radius 1 is 1.11 bits per heavy atom. The van der Waals surface area contributed by atoms with Crippen LogP contribution < -0.4 is 0 Å².